The van der Waals surface area contributed by atoms with Gasteiger partial charge < -0.3 is 19.3 Å². The summed E-state index contributed by atoms with van der Waals surface area (Å²) in [5, 5.41) is 28.9. The Balaban J connectivity index is 1.33. The second-order valence-electron chi connectivity index (χ2n) is 8.44. The maximum absolute atomic E-state index is 9.79. The van der Waals surface area contributed by atoms with Gasteiger partial charge in [0.2, 0.25) is 11.7 Å². The number of benzene rings is 1. The number of pyridine rings is 1. The van der Waals surface area contributed by atoms with Crippen LogP contribution in [0.4, 0.5) is 5.69 Å². The summed E-state index contributed by atoms with van der Waals surface area (Å²) >= 11 is 0. The maximum atomic E-state index is 9.79. The Labute approximate surface area is 194 Å². The van der Waals surface area contributed by atoms with Gasteiger partial charge in [0.25, 0.3) is 0 Å². The zero-order valence-corrected chi connectivity index (χ0v) is 18.6. The average molecular weight is 457 g/mol. The van der Waals surface area contributed by atoms with E-state index in [1.165, 1.54) is 0 Å². The second kappa shape index (κ2) is 8.38. The summed E-state index contributed by atoms with van der Waals surface area (Å²) in [7, 11) is 0. The molecule has 10 heteroatoms. The monoisotopic (exact) mass is 457 g/mol. The van der Waals surface area contributed by atoms with E-state index >= 15 is 0 Å². The van der Waals surface area contributed by atoms with Gasteiger partial charge >= 0.3 is 0 Å². The van der Waals surface area contributed by atoms with E-state index in [1.807, 2.05) is 43.3 Å². The highest BCUT2D eigenvalue weighted by molar-refractivity contribution is 5.96. The van der Waals surface area contributed by atoms with Crippen LogP contribution < -0.4 is 9.64 Å². The van der Waals surface area contributed by atoms with Crippen molar-refractivity contribution in [2.24, 2.45) is 0 Å². The molecule has 0 unspecified atom stereocenters. The van der Waals surface area contributed by atoms with Crippen molar-refractivity contribution in [2.45, 2.75) is 32.5 Å². The van der Waals surface area contributed by atoms with E-state index in [2.05, 4.69) is 25.2 Å². The molecule has 10 nitrogen and oxygen atoms in total. The molecule has 1 aliphatic rings. The van der Waals surface area contributed by atoms with E-state index in [9.17, 15) is 5.11 Å². The van der Waals surface area contributed by atoms with Crippen molar-refractivity contribution in [1.29, 1.82) is 0 Å². The average Bonchev–Trinajstić information content (AvgIpc) is 3.49. The van der Waals surface area contributed by atoms with Crippen LogP contribution in [0.25, 0.3) is 27.9 Å². The number of hydrogen-bond acceptors (Lipinski definition) is 9. The molecule has 0 atom stereocenters. The summed E-state index contributed by atoms with van der Waals surface area (Å²) < 4.78 is 13.0. The van der Waals surface area contributed by atoms with Crippen molar-refractivity contribution in [2.75, 3.05) is 18.0 Å². The molecule has 0 amide bonds. The minimum absolute atomic E-state index is 0.209. The van der Waals surface area contributed by atoms with Gasteiger partial charge in [-0.1, -0.05) is 23.4 Å². The molecule has 6 rings (SSSR count). The SMILES string of the molecule is Cc1cc(-c2nnc3c4ccccc4c(OCc4cc(N5CCC(O)CC5)ccn4)nn23)no1. The highest BCUT2D eigenvalue weighted by Gasteiger charge is 2.20. The number of anilines is 1. The number of rotatable bonds is 5. The standard InChI is InChI=1S/C24H23N7O3/c1-15-12-21(29-34-15)23-27-26-22-19-4-2-3-5-20(19)24(28-31(22)23)33-14-16-13-17(6-9-25-16)30-10-7-18(32)8-11-30/h2-6,9,12-13,18,32H,7-8,10-11,14H2,1H3. The van der Waals surface area contributed by atoms with E-state index in [0.29, 0.717) is 28.8 Å². The van der Waals surface area contributed by atoms with Crippen molar-refractivity contribution < 1.29 is 14.4 Å². The fourth-order valence-electron chi connectivity index (χ4n) is 4.30. The Morgan fingerprint density at radius 3 is 2.71 bits per heavy atom. The van der Waals surface area contributed by atoms with Crippen molar-refractivity contribution in [3.8, 4) is 17.4 Å². The zero-order valence-electron chi connectivity index (χ0n) is 18.6. The summed E-state index contributed by atoms with van der Waals surface area (Å²) in [4.78, 5) is 6.75. The van der Waals surface area contributed by atoms with Gasteiger partial charge in [-0.2, -0.15) is 4.52 Å². The van der Waals surface area contributed by atoms with Crippen LogP contribution in [-0.4, -0.2) is 54.3 Å². The minimum atomic E-state index is -0.209. The van der Waals surface area contributed by atoms with E-state index in [-0.39, 0.29) is 12.7 Å². The fourth-order valence-corrected chi connectivity index (χ4v) is 4.30. The van der Waals surface area contributed by atoms with E-state index < -0.39 is 0 Å². The normalized spacial score (nSPS) is 14.8. The molecule has 34 heavy (non-hydrogen) atoms. The highest BCUT2D eigenvalue weighted by atomic mass is 16.5. The second-order valence-corrected chi connectivity index (χ2v) is 8.44. The zero-order chi connectivity index (χ0) is 23.1. The molecule has 0 aliphatic carbocycles. The van der Waals surface area contributed by atoms with Gasteiger partial charge in [0.15, 0.2) is 11.3 Å². The summed E-state index contributed by atoms with van der Waals surface area (Å²) in [5.74, 6) is 1.62. The summed E-state index contributed by atoms with van der Waals surface area (Å²) in [5.41, 5.74) is 3.05. The molecule has 0 bridgehead atoms. The third kappa shape index (κ3) is 3.71. The number of hydrogen-bond donors (Lipinski definition) is 1. The number of piperidine rings is 1. The van der Waals surface area contributed by atoms with E-state index in [1.54, 1.807) is 16.8 Å². The minimum Gasteiger partial charge on any atom is -0.470 e. The highest BCUT2D eigenvalue weighted by Crippen LogP contribution is 2.29. The van der Waals surface area contributed by atoms with Gasteiger partial charge in [0.05, 0.1) is 11.8 Å². The number of ether oxygens (including phenoxy) is 1. The van der Waals surface area contributed by atoms with Crippen LogP contribution in [0.3, 0.4) is 0 Å². The van der Waals surface area contributed by atoms with Crippen LogP contribution in [0.5, 0.6) is 5.88 Å². The maximum Gasteiger partial charge on any atom is 0.240 e. The van der Waals surface area contributed by atoms with Crippen molar-refractivity contribution >= 4 is 22.1 Å². The van der Waals surface area contributed by atoms with Gasteiger partial charge in [-0.3, -0.25) is 4.98 Å². The lowest BCUT2D eigenvalue weighted by Crippen LogP contribution is -2.35. The molecule has 1 N–H and O–H groups in total. The van der Waals surface area contributed by atoms with E-state index in [4.69, 9.17) is 14.4 Å². The van der Waals surface area contributed by atoms with Gasteiger partial charge in [0.1, 0.15) is 12.4 Å². The Bertz CT molecular complexity index is 1470. The summed E-state index contributed by atoms with van der Waals surface area (Å²) in [6.07, 6.45) is 3.13. The molecule has 172 valence electrons. The molecule has 5 heterocycles. The Kier molecular flexibility index (Phi) is 5.06. The summed E-state index contributed by atoms with van der Waals surface area (Å²) in [6.45, 7) is 3.73. The van der Waals surface area contributed by atoms with Gasteiger partial charge in [-0.15, -0.1) is 15.3 Å². The molecule has 0 saturated carbocycles. The quantitative estimate of drug-likeness (QED) is 0.425. The number of fused-ring (bicyclic) bond motifs is 3. The smallest absolute Gasteiger partial charge is 0.240 e. The van der Waals surface area contributed by atoms with Crippen LogP contribution in [0.1, 0.15) is 24.3 Å². The Morgan fingerprint density at radius 2 is 1.91 bits per heavy atom. The van der Waals surface area contributed by atoms with Crippen molar-refractivity contribution in [3.05, 3.63) is 60.1 Å². The largest absolute Gasteiger partial charge is 0.470 e. The molecule has 1 aromatic carbocycles. The first-order valence-electron chi connectivity index (χ1n) is 11.2. The number of aliphatic hydroxyl groups is 1. The van der Waals surface area contributed by atoms with Crippen molar-refractivity contribution in [1.82, 2.24) is 30.0 Å². The van der Waals surface area contributed by atoms with Crippen molar-refractivity contribution in [3.63, 3.8) is 0 Å². The van der Waals surface area contributed by atoms with Crippen LogP contribution in [0.15, 0.2) is 53.2 Å². The number of nitrogens with zero attached hydrogens (tertiary/aromatic N) is 7. The molecule has 5 aromatic rings. The third-order valence-electron chi connectivity index (χ3n) is 6.07. The lowest BCUT2D eigenvalue weighted by Gasteiger charge is -2.31. The predicted octanol–water partition coefficient (Wildman–Crippen LogP) is 3.18. The number of aryl methyl sites for hydroxylation is 1. The topological polar surface area (TPSA) is 115 Å². The molecule has 1 saturated heterocycles. The molecular formula is C24H23N7O3. The third-order valence-corrected chi connectivity index (χ3v) is 6.07. The lowest BCUT2D eigenvalue weighted by atomic mass is 10.1. The van der Waals surface area contributed by atoms with Gasteiger partial charge in [-0.25, -0.2) is 0 Å². The van der Waals surface area contributed by atoms with Crippen LogP contribution in [-0.2, 0) is 6.61 Å². The predicted molar refractivity (Wildman–Crippen MR) is 125 cm³/mol. The lowest BCUT2D eigenvalue weighted by molar-refractivity contribution is 0.145. The van der Waals surface area contributed by atoms with Crippen LogP contribution >= 0.6 is 0 Å². The molecule has 1 aliphatic heterocycles. The molecule has 0 radical (unpaired) electrons. The first-order valence-corrected chi connectivity index (χ1v) is 11.2. The molecule has 4 aromatic heterocycles. The number of aliphatic hydroxyl groups excluding tert-OH is 1. The first-order chi connectivity index (χ1) is 16.7. The first kappa shape index (κ1) is 20.5. The molecule has 0 spiro atoms. The summed E-state index contributed by atoms with van der Waals surface area (Å²) in [6, 6.07) is 13.6. The Morgan fingerprint density at radius 1 is 1.09 bits per heavy atom. The fraction of sp³-hybridized carbons (Fsp3) is 0.292. The van der Waals surface area contributed by atoms with Crippen LogP contribution in [0.2, 0.25) is 0 Å². The van der Waals surface area contributed by atoms with Gasteiger partial charge in [-0.05, 0) is 38.0 Å². The number of aromatic nitrogens is 6. The van der Waals surface area contributed by atoms with Crippen LogP contribution in [0, 0.1) is 6.92 Å². The van der Waals surface area contributed by atoms with Gasteiger partial charge in [0, 0.05) is 41.8 Å². The molecular weight excluding hydrogens is 434 g/mol. The Hall–Kier alpha value is -4.05. The van der Waals surface area contributed by atoms with E-state index in [0.717, 1.165) is 48.1 Å². The molecule has 1 fully saturated rings.